The standard InChI is InChI=1S/C15H19N3O2/c1-10(15(19)20)18-7-4-11(5-8-18)13-9-17-14-12(13)3-2-6-16-14/h2-3,6,9-11H,4-5,7-8H2,1H3,(H,16,17)(H,19,20). The smallest absolute Gasteiger partial charge is 0.320 e. The lowest BCUT2D eigenvalue weighted by Gasteiger charge is -2.34. The number of carboxylic acids is 1. The summed E-state index contributed by atoms with van der Waals surface area (Å²) in [5.74, 6) is -0.245. The summed E-state index contributed by atoms with van der Waals surface area (Å²) in [5, 5.41) is 10.3. The number of likely N-dealkylation sites (tertiary alicyclic amines) is 1. The first kappa shape index (κ1) is 13.1. The summed E-state index contributed by atoms with van der Waals surface area (Å²) in [6.45, 7) is 3.44. The van der Waals surface area contributed by atoms with Crippen LogP contribution in [0.25, 0.3) is 11.0 Å². The topological polar surface area (TPSA) is 69.2 Å². The van der Waals surface area contributed by atoms with Gasteiger partial charge in [-0.1, -0.05) is 0 Å². The van der Waals surface area contributed by atoms with Crippen LogP contribution in [0.1, 0.15) is 31.2 Å². The van der Waals surface area contributed by atoms with Gasteiger partial charge in [0, 0.05) is 17.8 Å². The zero-order valence-electron chi connectivity index (χ0n) is 11.5. The molecule has 0 radical (unpaired) electrons. The molecule has 3 heterocycles. The fraction of sp³-hybridized carbons (Fsp3) is 0.467. The Morgan fingerprint density at radius 1 is 1.50 bits per heavy atom. The zero-order chi connectivity index (χ0) is 14.1. The van der Waals surface area contributed by atoms with Crippen LogP contribution in [0.15, 0.2) is 24.5 Å². The highest BCUT2D eigenvalue weighted by molar-refractivity contribution is 5.80. The number of hydrogen-bond donors (Lipinski definition) is 2. The van der Waals surface area contributed by atoms with Crippen LogP contribution in [0.5, 0.6) is 0 Å². The molecular formula is C15H19N3O2. The molecule has 0 spiro atoms. The van der Waals surface area contributed by atoms with E-state index in [0.717, 1.165) is 31.6 Å². The van der Waals surface area contributed by atoms with Gasteiger partial charge >= 0.3 is 5.97 Å². The maximum Gasteiger partial charge on any atom is 0.320 e. The molecule has 2 N–H and O–H groups in total. The molecule has 20 heavy (non-hydrogen) atoms. The van der Waals surface area contributed by atoms with Crippen molar-refractivity contribution in [2.45, 2.75) is 31.7 Å². The van der Waals surface area contributed by atoms with Crippen molar-refractivity contribution < 1.29 is 9.90 Å². The van der Waals surface area contributed by atoms with E-state index >= 15 is 0 Å². The van der Waals surface area contributed by atoms with Crippen LogP contribution in [0.2, 0.25) is 0 Å². The molecule has 5 nitrogen and oxygen atoms in total. The fourth-order valence-corrected chi connectivity index (χ4v) is 3.07. The molecule has 1 aliphatic heterocycles. The largest absolute Gasteiger partial charge is 0.480 e. The predicted octanol–water partition coefficient (Wildman–Crippen LogP) is 2.22. The molecule has 0 bridgehead atoms. The zero-order valence-corrected chi connectivity index (χ0v) is 11.5. The highest BCUT2D eigenvalue weighted by atomic mass is 16.4. The number of nitrogens with one attached hydrogen (secondary N) is 1. The lowest BCUT2D eigenvalue weighted by Crippen LogP contribution is -2.43. The number of pyridine rings is 1. The maximum atomic E-state index is 11.0. The number of hydrogen-bond acceptors (Lipinski definition) is 3. The van der Waals surface area contributed by atoms with Gasteiger partial charge in [0.25, 0.3) is 0 Å². The minimum atomic E-state index is -0.736. The van der Waals surface area contributed by atoms with E-state index in [1.165, 1.54) is 10.9 Å². The van der Waals surface area contributed by atoms with Crippen LogP contribution in [-0.2, 0) is 4.79 Å². The van der Waals surface area contributed by atoms with Crippen molar-refractivity contribution >= 4 is 17.0 Å². The van der Waals surface area contributed by atoms with Crippen LogP contribution < -0.4 is 0 Å². The summed E-state index contributed by atoms with van der Waals surface area (Å²) in [6.07, 6.45) is 5.84. The third-order valence-electron chi connectivity index (χ3n) is 4.36. The fourth-order valence-electron chi connectivity index (χ4n) is 3.07. The molecule has 5 heteroatoms. The Bertz CT molecular complexity index is 614. The quantitative estimate of drug-likeness (QED) is 0.899. The van der Waals surface area contributed by atoms with Crippen molar-refractivity contribution in [1.82, 2.24) is 14.9 Å². The number of piperidine rings is 1. The molecule has 0 aliphatic carbocycles. The summed E-state index contributed by atoms with van der Waals surface area (Å²) in [4.78, 5) is 20.6. The highest BCUT2D eigenvalue weighted by Gasteiger charge is 2.27. The van der Waals surface area contributed by atoms with E-state index in [0.29, 0.717) is 5.92 Å². The van der Waals surface area contributed by atoms with Crippen molar-refractivity contribution in [2.75, 3.05) is 13.1 Å². The predicted molar refractivity (Wildman–Crippen MR) is 76.7 cm³/mol. The Kier molecular flexibility index (Phi) is 3.44. The lowest BCUT2D eigenvalue weighted by atomic mass is 9.89. The number of carboxylic acid groups (broad SMARTS) is 1. The Hall–Kier alpha value is -1.88. The van der Waals surface area contributed by atoms with Gasteiger partial charge in [0.2, 0.25) is 0 Å². The number of nitrogens with zero attached hydrogens (tertiary/aromatic N) is 2. The highest BCUT2D eigenvalue weighted by Crippen LogP contribution is 2.32. The van der Waals surface area contributed by atoms with E-state index in [4.69, 9.17) is 5.11 Å². The summed E-state index contributed by atoms with van der Waals surface area (Å²) in [7, 11) is 0. The molecule has 1 unspecified atom stereocenters. The van der Waals surface area contributed by atoms with Crippen molar-refractivity contribution in [2.24, 2.45) is 0 Å². The Morgan fingerprint density at radius 2 is 2.25 bits per heavy atom. The summed E-state index contributed by atoms with van der Waals surface area (Å²) < 4.78 is 0. The molecule has 0 amide bonds. The molecular weight excluding hydrogens is 254 g/mol. The number of fused-ring (bicyclic) bond motifs is 1. The Labute approximate surface area is 117 Å². The van der Waals surface area contributed by atoms with E-state index < -0.39 is 5.97 Å². The second-order valence-electron chi connectivity index (χ2n) is 5.47. The van der Waals surface area contributed by atoms with Gasteiger partial charge in [0.05, 0.1) is 0 Å². The number of rotatable bonds is 3. The van der Waals surface area contributed by atoms with Crippen molar-refractivity contribution in [3.63, 3.8) is 0 Å². The molecule has 1 aliphatic rings. The maximum absolute atomic E-state index is 11.0. The van der Waals surface area contributed by atoms with Crippen LogP contribution in [0.3, 0.4) is 0 Å². The van der Waals surface area contributed by atoms with Crippen molar-refractivity contribution in [1.29, 1.82) is 0 Å². The number of aromatic nitrogens is 2. The first-order valence-electron chi connectivity index (χ1n) is 7.05. The monoisotopic (exact) mass is 273 g/mol. The number of aromatic amines is 1. The van der Waals surface area contributed by atoms with Crippen LogP contribution in [0, 0.1) is 0 Å². The van der Waals surface area contributed by atoms with Crippen molar-refractivity contribution in [3.05, 3.63) is 30.1 Å². The van der Waals surface area contributed by atoms with Crippen molar-refractivity contribution in [3.8, 4) is 0 Å². The third kappa shape index (κ3) is 2.29. The number of aliphatic carboxylic acids is 1. The molecule has 0 saturated carbocycles. The van der Waals surface area contributed by atoms with E-state index in [1.807, 2.05) is 11.0 Å². The second kappa shape index (κ2) is 5.25. The minimum Gasteiger partial charge on any atom is -0.480 e. The molecule has 106 valence electrons. The van der Waals surface area contributed by atoms with E-state index in [-0.39, 0.29) is 6.04 Å². The van der Waals surface area contributed by atoms with Gasteiger partial charge in [-0.25, -0.2) is 4.98 Å². The molecule has 2 aromatic heterocycles. The van der Waals surface area contributed by atoms with Crippen LogP contribution in [0.4, 0.5) is 0 Å². The second-order valence-corrected chi connectivity index (χ2v) is 5.47. The molecule has 2 aromatic rings. The first-order chi connectivity index (χ1) is 9.66. The third-order valence-corrected chi connectivity index (χ3v) is 4.36. The van der Waals surface area contributed by atoms with E-state index in [9.17, 15) is 4.79 Å². The molecule has 0 aromatic carbocycles. The molecule has 1 atom stereocenters. The molecule has 1 saturated heterocycles. The Morgan fingerprint density at radius 3 is 2.95 bits per heavy atom. The SMILES string of the molecule is CC(C(=O)O)N1CCC(c2c[nH]c3ncccc23)CC1. The molecule has 1 fully saturated rings. The summed E-state index contributed by atoms with van der Waals surface area (Å²) in [5.41, 5.74) is 2.25. The van der Waals surface area contributed by atoms with Gasteiger partial charge < -0.3 is 10.1 Å². The number of H-pyrrole nitrogens is 1. The van der Waals surface area contributed by atoms with E-state index in [1.54, 1.807) is 13.1 Å². The minimum absolute atomic E-state index is 0.388. The van der Waals surface area contributed by atoms with Gasteiger partial charge in [0.15, 0.2) is 0 Å². The average molecular weight is 273 g/mol. The number of carbonyl (C=O) groups is 1. The summed E-state index contributed by atoms with van der Waals surface area (Å²) in [6, 6.07) is 3.67. The summed E-state index contributed by atoms with van der Waals surface area (Å²) >= 11 is 0. The van der Waals surface area contributed by atoms with Crippen LogP contribution >= 0.6 is 0 Å². The lowest BCUT2D eigenvalue weighted by molar-refractivity contribution is -0.143. The van der Waals surface area contributed by atoms with Crippen LogP contribution in [-0.4, -0.2) is 45.1 Å². The Balaban J connectivity index is 1.74. The van der Waals surface area contributed by atoms with Gasteiger partial charge in [-0.2, -0.15) is 0 Å². The first-order valence-corrected chi connectivity index (χ1v) is 7.05. The van der Waals surface area contributed by atoms with Gasteiger partial charge in [-0.05, 0) is 56.5 Å². The van der Waals surface area contributed by atoms with Gasteiger partial charge in [0.1, 0.15) is 11.7 Å². The molecule has 3 rings (SSSR count). The normalized spacial score (nSPS) is 19.2. The van der Waals surface area contributed by atoms with Gasteiger partial charge in [-0.15, -0.1) is 0 Å². The van der Waals surface area contributed by atoms with E-state index in [2.05, 4.69) is 22.2 Å². The average Bonchev–Trinajstić information content (AvgIpc) is 2.90. The van der Waals surface area contributed by atoms with Gasteiger partial charge in [-0.3, -0.25) is 9.69 Å².